The van der Waals surface area contributed by atoms with Crippen molar-refractivity contribution in [2.75, 3.05) is 11.9 Å². The maximum absolute atomic E-state index is 5.88. The average molecular weight is 299 g/mol. The van der Waals surface area contributed by atoms with E-state index in [0.29, 0.717) is 17.8 Å². The van der Waals surface area contributed by atoms with Crippen LogP contribution in [-0.4, -0.2) is 11.9 Å². The molecular weight excluding hydrogens is 276 g/mol. The average Bonchev–Trinajstić information content (AvgIpc) is 2.29. The number of ether oxygens (including phenoxy) is 1. The fourth-order valence-corrected chi connectivity index (χ4v) is 2.52. The molecule has 0 fully saturated rings. The third-order valence-corrected chi connectivity index (χ3v) is 3.96. The van der Waals surface area contributed by atoms with Gasteiger partial charge in [0.15, 0.2) is 0 Å². The van der Waals surface area contributed by atoms with Crippen molar-refractivity contribution in [1.29, 1.82) is 0 Å². The van der Waals surface area contributed by atoms with E-state index in [2.05, 4.69) is 61.8 Å². The Bertz CT molecular complexity index is 333. The minimum absolute atomic E-state index is 0.552. The highest BCUT2D eigenvalue weighted by Crippen LogP contribution is 2.22. The van der Waals surface area contributed by atoms with Crippen LogP contribution >= 0.6 is 15.9 Å². The van der Waals surface area contributed by atoms with Gasteiger partial charge in [0, 0.05) is 11.2 Å². The van der Waals surface area contributed by atoms with Crippen molar-refractivity contribution in [1.82, 2.24) is 0 Å². The van der Waals surface area contributed by atoms with Gasteiger partial charge in [-0.25, -0.2) is 0 Å². The Balaban J connectivity index is 2.59. The van der Waals surface area contributed by atoms with Crippen LogP contribution in [-0.2, 0) is 0 Å². The van der Waals surface area contributed by atoms with Gasteiger partial charge in [0.1, 0.15) is 5.75 Å². The monoisotopic (exact) mass is 298 g/mol. The second-order valence-electron chi connectivity index (χ2n) is 5.20. The van der Waals surface area contributed by atoms with Gasteiger partial charge in [-0.05, 0) is 29.5 Å². The molecular formula is C15H23BrO. The van der Waals surface area contributed by atoms with E-state index in [1.54, 1.807) is 0 Å². The molecule has 1 atom stereocenters. The Hall–Kier alpha value is -0.500. The topological polar surface area (TPSA) is 9.23 Å². The van der Waals surface area contributed by atoms with Gasteiger partial charge in [0.2, 0.25) is 0 Å². The fraction of sp³-hybridized carbons (Fsp3) is 0.600. The molecule has 0 N–H and O–H groups in total. The zero-order valence-electron chi connectivity index (χ0n) is 11.2. The largest absolute Gasteiger partial charge is 0.493 e. The summed E-state index contributed by atoms with van der Waals surface area (Å²) in [6, 6.07) is 8.42. The molecule has 0 aromatic heterocycles. The van der Waals surface area contributed by atoms with Gasteiger partial charge in [0.25, 0.3) is 0 Å². The smallest absolute Gasteiger partial charge is 0.119 e. The zero-order chi connectivity index (χ0) is 12.8. The first-order chi connectivity index (χ1) is 8.04. The normalized spacial score (nSPS) is 13.1. The van der Waals surface area contributed by atoms with Crippen molar-refractivity contribution >= 4 is 15.9 Å². The van der Waals surface area contributed by atoms with Crippen molar-refractivity contribution in [2.45, 2.75) is 33.6 Å². The minimum atomic E-state index is 0.552. The number of hydrogen-bond acceptors (Lipinski definition) is 1. The molecule has 0 spiro atoms. The molecule has 0 radical (unpaired) electrons. The Morgan fingerprint density at radius 2 is 1.88 bits per heavy atom. The number of rotatable bonds is 6. The first-order valence-electron chi connectivity index (χ1n) is 6.33. The van der Waals surface area contributed by atoms with E-state index in [0.717, 1.165) is 17.7 Å². The van der Waals surface area contributed by atoms with Crippen LogP contribution in [0.3, 0.4) is 0 Å². The van der Waals surface area contributed by atoms with Crippen LogP contribution in [0.2, 0.25) is 0 Å². The molecule has 0 aliphatic carbocycles. The zero-order valence-corrected chi connectivity index (χ0v) is 12.8. The van der Waals surface area contributed by atoms with Gasteiger partial charge in [-0.1, -0.05) is 55.8 Å². The van der Waals surface area contributed by atoms with Gasteiger partial charge in [-0.3, -0.25) is 0 Å². The molecule has 2 heteroatoms. The SMILES string of the molecule is CC(C)c1cccc(OCC(CBr)C(C)C)c1. The summed E-state index contributed by atoms with van der Waals surface area (Å²) in [6.07, 6.45) is 0. The number of halogens is 1. The summed E-state index contributed by atoms with van der Waals surface area (Å²) in [7, 11) is 0. The summed E-state index contributed by atoms with van der Waals surface area (Å²) in [5.41, 5.74) is 1.34. The minimum Gasteiger partial charge on any atom is -0.493 e. The lowest BCUT2D eigenvalue weighted by atomic mass is 9.99. The number of benzene rings is 1. The molecule has 0 aliphatic heterocycles. The standard InChI is InChI=1S/C15H23BrO/c1-11(2)13-6-5-7-15(8-13)17-10-14(9-16)12(3)4/h5-8,11-12,14H,9-10H2,1-4H3. The van der Waals surface area contributed by atoms with Gasteiger partial charge in [0.05, 0.1) is 6.61 Å². The van der Waals surface area contributed by atoms with Gasteiger partial charge in [-0.15, -0.1) is 0 Å². The van der Waals surface area contributed by atoms with Crippen LogP contribution in [0.5, 0.6) is 5.75 Å². The molecule has 0 heterocycles. The van der Waals surface area contributed by atoms with Gasteiger partial charge < -0.3 is 4.74 Å². The Labute approximate surface area is 114 Å². The third-order valence-electron chi connectivity index (χ3n) is 3.13. The van der Waals surface area contributed by atoms with Crippen molar-refractivity contribution in [3.63, 3.8) is 0 Å². The Kier molecular flexibility index (Phi) is 6.04. The van der Waals surface area contributed by atoms with Gasteiger partial charge in [-0.2, -0.15) is 0 Å². The highest BCUT2D eigenvalue weighted by molar-refractivity contribution is 9.09. The second-order valence-corrected chi connectivity index (χ2v) is 5.84. The summed E-state index contributed by atoms with van der Waals surface area (Å²) in [5.74, 6) is 2.75. The van der Waals surface area contributed by atoms with E-state index < -0.39 is 0 Å². The summed E-state index contributed by atoms with van der Waals surface area (Å²) < 4.78 is 5.88. The van der Waals surface area contributed by atoms with Crippen LogP contribution in [0.25, 0.3) is 0 Å². The molecule has 17 heavy (non-hydrogen) atoms. The first-order valence-corrected chi connectivity index (χ1v) is 7.45. The summed E-state index contributed by atoms with van der Waals surface area (Å²) in [5, 5.41) is 0.995. The van der Waals surface area contributed by atoms with E-state index in [1.807, 2.05) is 6.07 Å². The van der Waals surface area contributed by atoms with Crippen LogP contribution in [0.1, 0.15) is 39.2 Å². The Morgan fingerprint density at radius 1 is 1.18 bits per heavy atom. The van der Waals surface area contributed by atoms with E-state index in [4.69, 9.17) is 4.74 Å². The van der Waals surface area contributed by atoms with Crippen LogP contribution < -0.4 is 4.74 Å². The molecule has 1 rings (SSSR count). The first kappa shape index (κ1) is 14.6. The lowest BCUT2D eigenvalue weighted by molar-refractivity contribution is 0.227. The third kappa shape index (κ3) is 4.71. The predicted molar refractivity (Wildman–Crippen MR) is 78.1 cm³/mol. The molecule has 0 saturated carbocycles. The lowest BCUT2D eigenvalue weighted by Gasteiger charge is -2.19. The molecule has 96 valence electrons. The van der Waals surface area contributed by atoms with Crippen LogP contribution in [0, 0.1) is 11.8 Å². The Morgan fingerprint density at radius 3 is 2.41 bits per heavy atom. The van der Waals surface area contributed by atoms with Crippen LogP contribution in [0.4, 0.5) is 0 Å². The predicted octanol–water partition coefficient (Wildman–Crippen LogP) is 4.86. The maximum Gasteiger partial charge on any atom is 0.119 e. The maximum atomic E-state index is 5.88. The molecule has 1 aromatic rings. The molecule has 0 amide bonds. The highest BCUT2D eigenvalue weighted by Gasteiger charge is 2.12. The van der Waals surface area contributed by atoms with Crippen molar-refractivity contribution in [3.8, 4) is 5.75 Å². The molecule has 0 aliphatic rings. The molecule has 1 unspecified atom stereocenters. The fourth-order valence-electron chi connectivity index (χ4n) is 1.58. The molecule has 0 bridgehead atoms. The van der Waals surface area contributed by atoms with E-state index in [1.165, 1.54) is 5.56 Å². The van der Waals surface area contributed by atoms with Crippen molar-refractivity contribution in [3.05, 3.63) is 29.8 Å². The quantitative estimate of drug-likeness (QED) is 0.682. The van der Waals surface area contributed by atoms with Crippen molar-refractivity contribution in [2.24, 2.45) is 11.8 Å². The summed E-state index contributed by atoms with van der Waals surface area (Å²) >= 11 is 3.55. The van der Waals surface area contributed by atoms with Crippen molar-refractivity contribution < 1.29 is 4.74 Å². The number of hydrogen-bond donors (Lipinski definition) is 0. The van der Waals surface area contributed by atoms with Gasteiger partial charge >= 0.3 is 0 Å². The lowest BCUT2D eigenvalue weighted by Crippen LogP contribution is -2.19. The number of alkyl halides is 1. The molecule has 0 saturated heterocycles. The van der Waals surface area contributed by atoms with E-state index >= 15 is 0 Å². The summed E-state index contributed by atoms with van der Waals surface area (Å²) in [6.45, 7) is 9.66. The molecule has 1 nitrogen and oxygen atoms in total. The summed E-state index contributed by atoms with van der Waals surface area (Å²) in [4.78, 5) is 0. The molecule has 1 aromatic carbocycles. The van der Waals surface area contributed by atoms with E-state index in [-0.39, 0.29) is 0 Å². The highest BCUT2D eigenvalue weighted by atomic mass is 79.9. The second kappa shape index (κ2) is 7.05. The van der Waals surface area contributed by atoms with E-state index in [9.17, 15) is 0 Å². The van der Waals surface area contributed by atoms with Crippen LogP contribution in [0.15, 0.2) is 24.3 Å².